The van der Waals surface area contributed by atoms with E-state index in [1.54, 1.807) is 36.4 Å². The number of benzene rings is 2. The van der Waals surface area contributed by atoms with Crippen LogP contribution >= 0.6 is 11.6 Å². The zero-order valence-corrected chi connectivity index (χ0v) is 11.3. The molecule has 0 amide bonds. The number of halogens is 2. The lowest BCUT2D eigenvalue weighted by Crippen LogP contribution is -2.12. The van der Waals surface area contributed by atoms with E-state index < -0.39 is 11.8 Å². The first-order valence-electron chi connectivity index (χ1n) is 6.03. The molecule has 0 heterocycles. The van der Waals surface area contributed by atoms with Gasteiger partial charge in [0.2, 0.25) is 0 Å². The average molecular weight is 294 g/mol. The number of carboxylic acids is 1. The standard InChI is InChI=1S/C15H13ClFNO2/c16-13-7-11(3-6-14(13)17)9-18-8-10-1-4-12(5-2-10)15(19)20/h1-7,18H,8-9H2,(H,19,20). The normalized spacial score (nSPS) is 10.5. The maximum absolute atomic E-state index is 13.0. The van der Waals surface area contributed by atoms with Crippen LogP contribution in [0.3, 0.4) is 0 Å². The highest BCUT2D eigenvalue weighted by Crippen LogP contribution is 2.16. The van der Waals surface area contributed by atoms with Crippen molar-refractivity contribution in [1.82, 2.24) is 5.32 Å². The van der Waals surface area contributed by atoms with Crippen LogP contribution in [-0.4, -0.2) is 11.1 Å². The van der Waals surface area contributed by atoms with Crippen LogP contribution < -0.4 is 5.32 Å². The van der Waals surface area contributed by atoms with Crippen molar-refractivity contribution in [1.29, 1.82) is 0 Å². The first-order valence-corrected chi connectivity index (χ1v) is 6.41. The van der Waals surface area contributed by atoms with Crippen LogP contribution in [0, 0.1) is 5.82 Å². The highest BCUT2D eigenvalue weighted by molar-refractivity contribution is 6.30. The van der Waals surface area contributed by atoms with Gasteiger partial charge < -0.3 is 10.4 Å². The lowest BCUT2D eigenvalue weighted by atomic mass is 10.1. The van der Waals surface area contributed by atoms with Gasteiger partial charge in [-0.1, -0.05) is 29.8 Å². The largest absolute Gasteiger partial charge is 0.478 e. The van der Waals surface area contributed by atoms with E-state index in [0.29, 0.717) is 13.1 Å². The maximum atomic E-state index is 13.0. The molecule has 0 atom stereocenters. The fraction of sp³-hybridized carbons (Fsp3) is 0.133. The van der Waals surface area contributed by atoms with Gasteiger partial charge in [0.05, 0.1) is 10.6 Å². The summed E-state index contributed by atoms with van der Waals surface area (Å²) in [6, 6.07) is 11.2. The van der Waals surface area contributed by atoms with E-state index in [9.17, 15) is 9.18 Å². The Labute approximate surface area is 121 Å². The third-order valence-electron chi connectivity index (χ3n) is 2.84. The second-order valence-electron chi connectivity index (χ2n) is 4.35. The van der Waals surface area contributed by atoms with E-state index in [2.05, 4.69) is 5.32 Å². The van der Waals surface area contributed by atoms with Crippen LogP contribution in [0.2, 0.25) is 5.02 Å². The van der Waals surface area contributed by atoms with E-state index in [1.165, 1.54) is 6.07 Å². The van der Waals surface area contributed by atoms with Crippen molar-refractivity contribution in [3.8, 4) is 0 Å². The minimum absolute atomic E-state index is 0.107. The molecule has 0 saturated heterocycles. The Balaban J connectivity index is 1.89. The molecular formula is C15H13ClFNO2. The van der Waals surface area contributed by atoms with Crippen molar-refractivity contribution in [3.05, 3.63) is 70.0 Å². The van der Waals surface area contributed by atoms with Crippen molar-refractivity contribution >= 4 is 17.6 Å². The Hall–Kier alpha value is -1.91. The number of nitrogens with one attached hydrogen (secondary N) is 1. The lowest BCUT2D eigenvalue weighted by molar-refractivity contribution is 0.0697. The molecule has 5 heteroatoms. The van der Waals surface area contributed by atoms with Gasteiger partial charge >= 0.3 is 5.97 Å². The molecule has 3 nitrogen and oxygen atoms in total. The van der Waals surface area contributed by atoms with Crippen molar-refractivity contribution in [2.45, 2.75) is 13.1 Å². The maximum Gasteiger partial charge on any atom is 0.335 e. The van der Waals surface area contributed by atoms with E-state index >= 15 is 0 Å². The number of carboxylic acid groups (broad SMARTS) is 1. The van der Waals surface area contributed by atoms with Crippen molar-refractivity contribution < 1.29 is 14.3 Å². The molecule has 2 aromatic carbocycles. The predicted molar refractivity (Wildman–Crippen MR) is 75.4 cm³/mol. The van der Waals surface area contributed by atoms with Gasteiger partial charge in [0.15, 0.2) is 0 Å². The Morgan fingerprint density at radius 3 is 2.30 bits per heavy atom. The summed E-state index contributed by atoms with van der Waals surface area (Å²) < 4.78 is 13.0. The number of rotatable bonds is 5. The van der Waals surface area contributed by atoms with Crippen LogP contribution in [0.25, 0.3) is 0 Å². The van der Waals surface area contributed by atoms with Crippen LogP contribution in [0.5, 0.6) is 0 Å². The van der Waals surface area contributed by atoms with Crippen molar-refractivity contribution in [2.24, 2.45) is 0 Å². The summed E-state index contributed by atoms with van der Waals surface area (Å²) in [5.74, 6) is -1.37. The highest BCUT2D eigenvalue weighted by Gasteiger charge is 2.03. The zero-order chi connectivity index (χ0) is 14.5. The monoisotopic (exact) mass is 293 g/mol. The molecule has 0 aliphatic heterocycles. The smallest absolute Gasteiger partial charge is 0.335 e. The van der Waals surface area contributed by atoms with Gasteiger partial charge in [0.1, 0.15) is 5.82 Å². The fourth-order valence-corrected chi connectivity index (χ4v) is 1.97. The van der Waals surface area contributed by atoms with E-state index in [0.717, 1.165) is 11.1 Å². The first kappa shape index (κ1) is 14.5. The average Bonchev–Trinajstić information content (AvgIpc) is 2.43. The van der Waals surface area contributed by atoms with E-state index in [4.69, 9.17) is 16.7 Å². The second kappa shape index (κ2) is 6.50. The molecule has 2 N–H and O–H groups in total. The van der Waals surface area contributed by atoms with Gasteiger partial charge in [0.25, 0.3) is 0 Å². The Bertz CT molecular complexity index is 614. The summed E-state index contributed by atoms with van der Waals surface area (Å²) in [5, 5.41) is 12.1. The van der Waals surface area contributed by atoms with Gasteiger partial charge in [-0.15, -0.1) is 0 Å². The molecule has 2 rings (SSSR count). The van der Waals surface area contributed by atoms with E-state index in [1.807, 2.05) is 0 Å². The van der Waals surface area contributed by atoms with Gasteiger partial charge in [-0.05, 0) is 35.4 Å². The third kappa shape index (κ3) is 3.79. The molecule has 0 aromatic heterocycles. The molecule has 0 aliphatic carbocycles. The van der Waals surface area contributed by atoms with Crippen LogP contribution in [0.4, 0.5) is 4.39 Å². The second-order valence-corrected chi connectivity index (χ2v) is 4.76. The number of carbonyl (C=O) groups is 1. The summed E-state index contributed by atoms with van der Waals surface area (Å²) in [7, 11) is 0. The predicted octanol–water partition coefficient (Wildman–Crippen LogP) is 3.47. The van der Waals surface area contributed by atoms with E-state index in [-0.39, 0.29) is 10.6 Å². The fourth-order valence-electron chi connectivity index (χ4n) is 1.77. The molecule has 2 aromatic rings. The Morgan fingerprint density at radius 2 is 1.70 bits per heavy atom. The molecule has 0 radical (unpaired) electrons. The summed E-state index contributed by atoms with van der Waals surface area (Å²) in [6.45, 7) is 1.15. The molecule has 0 fully saturated rings. The van der Waals surface area contributed by atoms with Crippen LogP contribution in [0.15, 0.2) is 42.5 Å². The minimum Gasteiger partial charge on any atom is -0.478 e. The molecule has 0 saturated carbocycles. The van der Waals surface area contributed by atoms with Crippen molar-refractivity contribution in [3.63, 3.8) is 0 Å². The number of hydrogen-bond acceptors (Lipinski definition) is 2. The summed E-state index contributed by atoms with van der Waals surface area (Å²) in [4.78, 5) is 10.7. The zero-order valence-electron chi connectivity index (χ0n) is 10.6. The number of hydrogen-bond donors (Lipinski definition) is 2. The molecular weight excluding hydrogens is 281 g/mol. The molecule has 0 unspecified atom stereocenters. The molecule has 20 heavy (non-hydrogen) atoms. The van der Waals surface area contributed by atoms with Crippen LogP contribution in [-0.2, 0) is 13.1 Å². The number of aromatic carboxylic acids is 1. The van der Waals surface area contributed by atoms with Gasteiger partial charge in [-0.2, -0.15) is 0 Å². The minimum atomic E-state index is -0.939. The SMILES string of the molecule is O=C(O)c1ccc(CNCc2ccc(F)c(Cl)c2)cc1. The van der Waals surface area contributed by atoms with Gasteiger partial charge in [0, 0.05) is 13.1 Å². The summed E-state index contributed by atoms with van der Waals surface area (Å²) >= 11 is 5.70. The first-order chi connectivity index (χ1) is 9.56. The quantitative estimate of drug-likeness (QED) is 0.887. The molecule has 0 spiro atoms. The van der Waals surface area contributed by atoms with Gasteiger partial charge in [-0.25, -0.2) is 9.18 Å². The van der Waals surface area contributed by atoms with Crippen LogP contribution in [0.1, 0.15) is 21.5 Å². The summed E-state index contributed by atoms with van der Waals surface area (Å²) in [6.07, 6.45) is 0. The third-order valence-corrected chi connectivity index (χ3v) is 3.13. The molecule has 0 aliphatic rings. The molecule has 104 valence electrons. The summed E-state index contributed by atoms with van der Waals surface area (Å²) in [5.41, 5.74) is 2.13. The Kier molecular flexibility index (Phi) is 4.71. The topological polar surface area (TPSA) is 49.3 Å². The lowest BCUT2D eigenvalue weighted by Gasteiger charge is -2.06. The molecule has 0 bridgehead atoms. The Morgan fingerprint density at radius 1 is 1.10 bits per heavy atom. The van der Waals surface area contributed by atoms with Crippen molar-refractivity contribution in [2.75, 3.05) is 0 Å². The highest BCUT2D eigenvalue weighted by atomic mass is 35.5. The van der Waals surface area contributed by atoms with Gasteiger partial charge in [-0.3, -0.25) is 0 Å².